The Morgan fingerprint density at radius 1 is 1.30 bits per heavy atom. The number of thiazole rings is 1. The van der Waals surface area contributed by atoms with Crippen LogP contribution in [0.2, 0.25) is 0 Å². The number of hydrogen-bond acceptors (Lipinski definition) is 4. The van der Waals surface area contributed by atoms with Gasteiger partial charge in [0.25, 0.3) is 0 Å². The Morgan fingerprint density at radius 3 is 2.35 bits per heavy atom. The summed E-state index contributed by atoms with van der Waals surface area (Å²) in [6.45, 7) is 1.62. The molecule has 0 aliphatic heterocycles. The Balaban J connectivity index is 2.18. The third-order valence-electron chi connectivity index (χ3n) is 2.49. The van der Waals surface area contributed by atoms with Gasteiger partial charge in [0.1, 0.15) is 0 Å². The van der Waals surface area contributed by atoms with Crippen LogP contribution in [0.3, 0.4) is 0 Å². The average Bonchev–Trinajstić information content (AvgIpc) is 2.68. The molecule has 0 spiro atoms. The van der Waals surface area contributed by atoms with Gasteiger partial charge in [-0.05, 0) is 0 Å². The van der Waals surface area contributed by atoms with Crippen LogP contribution in [0.4, 0.5) is 5.69 Å². The van der Waals surface area contributed by atoms with Crippen LogP contribution in [0.5, 0.6) is 0 Å². The Bertz CT molecular complexity index is 743. The van der Waals surface area contributed by atoms with Crippen LogP contribution in [0.25, 0.3) is 0 Å². The summed E-state index contributed by atoms with van der Waals surface area (Å²) in [4.78, 5) is 25.5. The molecule has 4 N–H and O–H groups in total. The summed E-state index contributed by atoms with van der Waals surface area (Å²) in [5, 5.41) is 2.56. The molecule has 20 heavy (non-hydrogen) atoms. The number of hydrogen-bond donors (Lipinski definition) is 4. The Labute approximate surface area is 120 Å². The fraction of sp³-hybridized carbons (Fsp3) is 0.0909. The molecule has 2 rings (SSSR count). The third kappa shape index (κ3) is 3.29. The zero-order valence-electron chi connectivity index (χ0n) is 10.3. The molecule has 9 heteroatoms. The number of anilines is 1. The minimum atomic E-state index is -4.91. The Morgan fingerprint density at radius 2 is 1.90 bits per heavy atom. The van der Waals surface area contributed by atoms with Crippen LogP contribution in [-0.4, -0.2) is 33.3 Å². The van der Waals surface area contributed by atoms with Gasteiger partial charge < -0.3 is 0 Å². The van der Waals surface area contributed by atoms with Crippen molar-refractivity contribution >= 4 is 41.5 Å². The standard InChI is InChI=1S/C11H11AsN2O5S/c1-6-9(20-11(16)13-6)10(15)14-8-4-2-7(3-5-8)12(17,18)19/h2-5H,1H3,(H,13,16)(H,14,15)(H2,17,18,19). The predicted octanol–water partition coefficient (Wildman–Crippen LogP) is -0.442. The molecule has 1 aromatic carbocycles. The van der Waals surface area contributed by atoms with Gasteiger partial charge in [0.2, 0.25) is 0 Å². The molecular formula is C11H11AsN2O5S. The number of aromatic nitrogens is 1. The van der Waals surface area contributed by atoms with E-state index < -0.39 is 20.1 Å². The van der Waals surface area contributed by atoms with Gasteiger partial charge in [-0.25, -0.2) is 0 Å². The number of aryl methyl sites for hydroxylation is 1. The summed E-state index contributed by atoms with van der Waals surface area (Å²) in [5.74, 6) is -0.444. The van der Waals surface area contributed by atoms with E-state index in [9.17, 15) is 13.3 Å². The Kier molecular flexibility index (Phi) is 4.01. The normalized spacial score (nSPS) is 11.3. The molecule has 0 atom stereocenters. The van der Waals surface area contributed by atoms with E-state index in [1.165, 1.54) is 24.3 Å². The first-order valence-electron chi connectivity index (χ1n) is 5.44. The number of nitrogens with one attached hydrogen (secondary N) is 2. The molecule has 7 nitrogen and oxygen atoms in total. The van der Waals surface area contributed by atoms with Crippen molar-refractivity contribution < 1.29 is 16.7 Å². The maximum absolute atomic E-state index is 11.9. The van der Waals surface area contributed by atoms with Crippen LogP contribution in [0.15, 0.2) is 29.1 Å². The molecule has 1 aromatic heterocycles. The van der Waals surface area contributed by atoms with Gasteiger partial charge in [0.15, 0.2) is 0 Å². The number of amides is 1. The van der Waals surface area contributed by atoms with Crippen LogP contribution in [0.1, 0.15) is 15.4 Å². The van der Waals surface area contributed by atoms with Crippen LogP contribution < -0.4 is 14.5 Å². The number of carbonyl (C=O) groups excluding carboxylic acids is 1. The molecule has 0 fully saturated rings. The Hall–Kier alpha value is -1.60. The number of aromatic amines is 1. The SMILES string of the molecule is Cc1[nH]c(=O)sc1C(=O)Nc1ccc([As](=O)(O)O)cc1. The maximum atomic E-state index is 11.9. The monoisotopic (exact) mass is 358 g/mol. The summed E-state index contributed by atoms with van der Waals surface area (Å²) in [7, 11) is 0. The summed E-state index contributed by atoms with van der Waals surface area (Å²) in [6.07, 6.45) is 0. The summed E-state index contributed by atoms with van der Waals surface area (Å²) in [6, 6.07) is 5.33. The predicted molar refractivity (Wildman–Crippen MR) is 74.6 cm³/mol. The number of rotatable bonds is 3. The van der Waals surface area contributed by atoms with Gasteiger partial charge in [-0.2, -0.15) is 0 Å². The van der Waals surface area contributed by atoms with Crippen LogP contribution in [0, 0.1) is 6.92 Å². The van der Waals surface area contributed by atoms with Gasteiger partial charge in [-0.3, -0.25) is 0 Å². The molecule has 0 saturated heterocycles. The molecule has 0 aliphatic carbocycles. The average molecular weight is 358 g/mol. The molecule has 1 heterocycles. The third-order valence-corrected chi connectivity index (χ3v) is 5.51. The van der Waals surface area contributed by atoms with Gasteiger partial charge in [0, 0.05) is 0 Å². The second-order valence-electron chi connectivity index (χ2n) is 4.01. The first-order chi connectivity index (χ1) is 9.27. The van der Waals surface area contributed by atoms with Crippen molar-refractivity contribution in [2.24, 2.45) is 0 Å². The van der Waals surface area contributed by atoms with E-state index in [4.69, 9.17) is 8.19 Å². The molecular weight excluding hydrogens is 347 g/mol. The summed E-state index contributed by atoms with van der Waals surface area (Å²) >= 11 is -4.10. The second kappa shape index (κ2) is 5.41. The van der Waals surface area contributed by atoms with E-state index >= 15 is 0 Å². The molecule has 106 valence electrons. The molecule has 0 radical (unpaired) electrons. The van der Waals surface area contributed by atoms with Gasteiger partial charge >= 0.3 is 120 Å². The first-order valence-corrected chi connectivity index (χ1v) is 9.64. The topological polar surface area (TPSA) is 119 Å². The number of H-pyrrole nitrogens is 1. The summed E-state index contributed by atoms with van der Waals surface area (Å²) in [5.41, 5.74) is 0.871. The first kappa shape index (κ1) is 14.8. The van der Waals surface area contributed by atoms with E-state index in [1.807, 2.05) is 0 Å². The van der Waals surface area contributed by atoms with Crippen molar-refractivity contribution in [2.75, 3.05) is 5.32 Å². The zero-order valence-corrected chi connectivity index (χ0v) is 13.0. The van der Waals surface area contributed by atoms with E-state index in [0.717, 1.165) is 11.3 Å². The van der Waals surface area contributed by atoms with E-state index in [0.29, 0.717) is 11.4 Å². The van der Waals surface area contributed by atoms with Crippen molar-refractivity contribution in [1.29, 1.82) is 0 Å². The van der Waals surface area contributed by atoms with Crippen molar-refractivity contribution in [3.8, 4) is 0 Å². The van der Waals surface area contributed by atoms with Gasteiger partial charge in [-0.15, -0.1) is 0 Å². The van der Waals surface area contributed by atoms with Crippen molar-refractivity contribution in [2.45, 2.75) is 6.92 Å². The molecule has 2 aromatic rings. The summed E-state index contributed by atoms with van der Waals surface area (Å²) < 4.78 is 29.1. The fourth-order valence-corrected chi connectivity index (χ4v) is 3.41. The molecule has 0 saturated carbocycles. The molecule has 0 unspecified atom stereocenters. The van der Waals surface area contributed by atoms with Crippen molar-refractivity contribution in [3.63, 3.8) is 0 Å². The van der Waals surface area contributed by atoms with Crippen molar-refractivity contribution in [3.05, 3.63) is 44.5 Å². The fourth-order valence-electron chi connectivity index (χ4n) is 1.55. The minimum absolute atomic E-state index is 0.0661. The number of benzene rings is 1. The zero-order chi connectivity index (χ0) is 14.9. The van der Waals surface area contributed by atoms with E-state index in [-0.39, 0.29) is 14.1 Å². The van der Waals surface area contributed by atoms with Crippen LogP contribution in [-0.2, 0) is 3.74 Å². The number of carbonyl (C=O) groups is 1. The van der Waals surface area contributed by atoms with Gasteiger partial charge in [0.05, 0.1) is 0 Å². The second-order valence-corrected chi connectivity index (χ2v) is 8.36. The molecule has 0 aliphatic rings. The van der Waals surface area contributed by atoms with E-state index in [1.54, 1.807) is 6.92 Å². The quantitative estimate of drug-likeness (QED) is 0.555. The molecule has 0 bridgehead atoms. The van der Waals surface area contributed by atoms with Gasteiger partial charge in [-0.1, -0.05) is 0 Å². The van der Waals surface area contributed by atoms with E-state index in [2.05, 4.69) is 10.3 Å². The van der Waals surface area contributed by atoms with Crippen LogP contribution >= 0.6 is 11.3 Å². The van der Waals surface area contributed by atoms with Crippen molar-refractivity contribution in [1.82, 2.24) is 4.98 Å². The molecule has 1 amide bonds.